The summed E-state index contributed by atoms with van der Waals surface area (Å²) in [4.78, 5) is 6.84. The van der Waals surface area contributed by atoms with Gasteiger partial charge in [-0.05, 0) is 51.3 Å². The van der Waals surface area contributed by atoms with Gasteiger partial charge in [0.15, 0.2) is 5.96 Å². The summed E-state index contributed by atoms with van der Waals surface area (Å²) in [7, 11) is 1.82. The quantitative estimate of drug-likeness (QED) is 0.263. The summed E-state index contributed by atoms with van der Waals surface area (Å²) >= 11 is 0. The topological polar surface area (TPSA) is 48.9 Å². The number of likely N-dealkylation sites (tertiary alicyclic amines) is 1. The van der Waals surface area contributed by atoms with Gasteiger partial charge >= 0.3 is 0 Å². The van der Waals surface area contributed by atoms with Gasteiger partial charge in [0.1, 0.15) is 0 Å². The maximum atomic E-state index is 5.34. The predicted octanol–water partition coefficient (Wildman–Crippen LogP) is 3.03. The lowest BCUT2D eigenvalue weighted by molar-refractivity contribution is 0.152. The molecule has 6 heteroatoms. The molecule has 0 radical (unpaired) electrons. The molecule has 1 aromatic carbocycles. The van der Waals surface area contributed by atoms with Gasteiger partial charge in [-0.1, -0.05) is 29.8 Å². The number of hydrogen-bond acceptors (Lipinski definition) is 3. The smallest absolute Gasteiger partial charge is 0.191 e. The van der Waals surface area contributed by atoms with Gasteiger partial charge in [-0.2, -0.15) is 0 Å². The minimum atomic E-state index is 0. The zero-order valence-electron chi connectivity index (χ0n) is 16.5. The molecular formula is C20H35IN4O. The largest absolute Gasteiger partial charge is 0.380 e. The molecule has 2 N–H and O–H groups in total. The van der Waals surface area contributed by atoms with Gasteiger partial charge in [-0.3, -0.25) is 9.89 Å². The van der Waals surface area contributed by atoms with Gasteiger partial charge in [-0.15, -0.1) is 24.0 Å². The SMILES string of the molecule is CCOCCNC(=NC)NCC1CCN(Cc2ccc(C)cc2)CC1.I. The molecule has 1 aromatic rings. The molecule has 26 heavy (non-hydrogen) atoms. The third-order valence-electron chi connectivity index (χ3n) is 4.76. The molecule has 0 amide bonds. The van der Waals surface area contributed by atoms with Crippen molar-refractivity contribution in [3.8, 4) is 0 Å². The number of hydrogen-bond donors (Lipinski definition) is 2. The first kappa shape index (κ1) is 23.2. The summed E-state index contributed by atoms with van der Waals surface area (Å²) in [6.07, 6.45) is 2.49. The number of nitrogens with one attached hydrogen (secondary N) is 2. The Morgan fingerprint density at radius 3 is 2.50 bits per heavy atom. The molecule has 1 fully saturated rings. The fourth-order valence-electron chi connectivity index (χ4n) is 3.15. The lowest BCUT2D eigenvalue weighted by atomic mass is 9.96. The number of piperidine rings is 1. The van der Waals surface area contributed by atoms with E-state index in [0.29, 0.717) is 6.61 Å². The number of aliphatic imine (C=N–C) groups is 1. The molecular weight excluding hydrogens is 439 g/mol. The minimum absolute atomic E-state index is 0. The fourth-order valence-corrected chi connectivity index (χ4v) is 3.15. The molecule has 0 spiro atoms. The van der Waals surface area contributed by atoms with E-state index in [-0.39, 0.29) is 24.0 Å². The molecule has 1 heterocycles. The first-order chi connectivity index (χ1) is 12.2. The molecule has 0 saturated carbocycles. The molecule has 0 unspecified atom stereocenters. The second-order valence-electron chi connectivity index (χ2n) is 6.78. The first-order valence-corrected chi connectivity index (χ1v) is 9.51. The van der Waals surface area contributed by atoms with E-state index in [9.17, 15) is 0 Å². The van der Waals surface area contributed by atoms with E-state index < -0.39 is 0 Å². The maximum absolute atomic E-state index is 5.34. The van der Waals surface area contributed by atoms with Gasteiger partial charge in [-0.25, -0.2) is 0 Å². The molecule has 148 valence electrons. The second-order valence-corrected chi connectivity index (χ2v) is 6.78. The number of aryl methyl sites for hydroxylation is 1. The fraction of sp³-hybridized carbons (Fsp3) is 0.650. The van der Waals surface area contributed by atoms with Crippen molar-refractivity contribution in [3.05, 3.63) is 35.4 Å². The van der Waals surface area contributed by atoms with Crippen molar-refractivity contribution >= 4 is 29.9 Å². The Morgan fingerprint density at radius 1 is 1.19 bits per heavy atom. The van der Waals surface area contributed by atoms with E-state index in [2.05, 4.69) is 51.7 Å². The van der Waals surface area contributed by atoms with Gasteiger partial charge in [0.05, 0.1) is 6.61 Å². The van der Waals surface area contributed by atoms with Crippen LogP contribution in [0.3, 0.4) is 0 Å². The highest BCUT2D eigenvalue weighted by Gasteiger charge is 2.19. The Kier molecular flexibility index (Phi) is 11.9. The summed E-state index contributed by atoms with van der Waals surface area (Å²) in [6.45, 7) is 10.8. The normalized spacial score (nSPS) is 16.2. The van der Waals surface area contributed by atoms with E-state index in [1.165, 1.54) is 37.1 Å². The first-order valence-electron chi connectivity index (χ1n) is 9.51. The monoisotopic (exact) mass is 474 g/mol. The minimum Gasteiger partial charge on any atom is -0.380 e. The summed E-state index contributed by atoms with van der Waals surface area (Å²) in [6, 6.07) is 8.91. The van der Waals surface area contributed by atoms with Crippen LogP contribution in [0.15, 0.2) is 29.3 Å². The maximum Gasteiger partial charge on any atom is 0.191 e. The number of halogens is 1. The standard InChI is InChI=1S/C20H34N4O.HI/c1-4-25-14-11-22-20(21-3)23-15-18-9-12-24(13-10-18)16-19-7-5-17(2)6-8-19;/h5-8,18H,4,9-16H2,1-3H3,(H2,21,22,23);1H. The molecule has 1 aliphatic heterocycles. The van der Waals surface area contributed by atoms with Crippen LogP contribution in [0.4, 0.5) is 0 Å². The van der Waals surface area contributed by atoms with E-state index in [1.54, 1.807) is 0 Å². The van der Waals surface area contributed by atoms with Gasteiger partial charge < -0.3 is 15.4 Å². The molecule has 1 aliphatic rings. The zero-order chi connectivity index (χ0) is 17.9. The Balaban J connectivity index is 0.00000338. The highest BCUT2D eigenvalue weighted by molar-refractivity contribution is 14.0. The van der Waals surface area contributed by atoms with Crippen LogP contribution in [0.2, 0.25) is 0 Å². The van der Waals surface area contributed by atoms with Crippen molar-refractivity contribution < 1.29 is 4.74 Å². The van der Waals surface area contributed by atoms with Crippen molar-refractivity contribution in [2.45, 2.75) is 33.2 Å². The Labute approximate surface area is 176 Å². The molecule has 5 nitrogen and oxygen atoms in total. The summed E-state index contributed by atoms with van der Waals surface area (Å²) < 4.78 is 5.34. The average Bonchev–Trinajstić information content (AvgIpc) is 2.64. The Morgan fingerprint density at radius 2 is 1.88 bits per heavy atom. The number of benzene rings is 1. The summed E-state index contributed by atoms with van der Waals surface area (Å²) in [5, 5.41) is 6.74. The number of rotatable bonds is 8. The van der Waals surface area contributed by atoms with Crippen LogP contribution in [0.1, 0.15) is 30.9 Å². The van der Waals surface area contributed by atoms with Crippen LogP contribution < -0.4 is 10.6 Å². The third-order valence-corrected chi connectivity index (χ3v) is 4.76. The molecule has 0 atom stereocenters. The van der Waals surface area contributed by atoms with Crippen LogP contribution in [0.5, 0.6) is 0 Å². The van der Waals surface area contributed by atoms with Gasteiger partial charge in [0, 0.05) is 33.3 Å². The van der Waals surface area contributed by atoms with E-state index in [1.807, 2.05) is 14.0 Å². The van der Waals surface area contributed by atoms with Crippen molar-refractivity contribution in [1.29, 1.82) is 0 Å². The van der Waals surface area contributed by atoms with Crippen molar-refractivity contribution in [1.82, 2.24) is 15.5 Å². The lowest BCUT2D eigenvalue weighted by Gasteiger charge is -2.32. The Hall–Kier alpha value is -0.860. The third kappa shape index (κ3) is 8.68. The van der Waals surface area contributed by atoms with Gasteiger partial charge in [0.2, 0.25) is 0 Å². The second kappa shape index (κ2) is 13.3. The van der Waals surface area contributed by atoms with E-state index >= 15 is 0 Å². The summed E-state index contributed by atoms with van der Waals surface area (Å²) in [5.74, 6) is 1.60. The molecule has 0 aliphatic carbocycles. The van der Waals surface area contributed by atoms with Gasteiger partial charge in [0.25, 0.3) is 0 Å². The number of guanidine groups is 1. The van der Waals surface area contributed by atoms with Crippen molar-refractivity contribution in [3.63, 3.8) is 0 Å². The predicted molar refractivity (Wildman–Crippen MR) is 120 cm³/mol. The van der Waals surface area contributed by atoms with Crippen LogP contribution in [-0.4, -0.2) is 57.3 Å². The highest BCUT2D eigenvalue weighted by atomic mass is 127. The zero-order valence-corrected chi connectivity index (χ0v) is 18.8. The van der Waals surface area contributed by atoms with Crippen LogP contribution in [-0.2, 0) is 11.3 Å². The number of nitrogens with zero attached hydrogens (tertiary/aromatic N) is 2. The lowest BCUT2D eigenvalue weighted by Crippen LogP contribution is -2.43. The van der Waals surface area contributed by atoms with Crippen molar-refractivity contribution in [2.24, 2.45) is 10.9 Å². The molecule has 1 saturated heterocycles. The van der Waals surface area contributed by atoms with E-state index in [4.69, 9.17) is 4.74 Å². The summed E-state index contributed by atoms with van der Waals surface area (Å²) in [5.41, 5.74) is 2.75. The van der Waals surface area contributed by atoms with Crippen LogP contribution in [0.25, 0.3) is 0 Å². The Bertz CT molecular complexity index is 513. The average molecular weight is 474 g/mol. The highest BCUT2D eigenvalue weighted by Crippen LogP contribution is 2.18. The van der Waals surface area contributed by atoms with Crippen molar-refractivity contribution in [2.75, 3.05) is 46.4 Å². The molecule has 2 rings (SSSR count). The number of ether oxygens (including phenoxy) is 1. The molecule has 0 bridgehead atoms. The van der Waals surface area contributed by atoms with Crippen LogP contribution in [0, 0.1) is 12.8 Å². The molecule has 0 aromatic heterocycles. The van der Waals surface area contributed by atoms with Crippen LogP contribution >= 0.6 is 24.0 Å². The van der Waals surface area contributed by atoms with E-state index in [0.717, 1.165) is 38.1 Å².